The first kappa shape index (κ1) is 108. The fourth-order valence-electron chi connectivity index (χ4n) is 20.2. The van der Waals surface area contributed by atoms with Crippen molar-refractivity contribution in [2.24, 2.45) is 4.99 Å². The zero-order valence-electron chi connectivity index (χ0n) is 83.9. The second kappa shape index (κ2) is 48.0. The Hall–Kier alpha value is -9.78. The van der Waals surface area contributed by atoms with E-state index in [1.54, 1.807) is 32.4 Å². The van der Waals surface area contributed by atoms with E-state index in [9.17, 15) is 32.1 Å². The minimum Gasteiger partial charge on any atom is -1.00 e. The van der Waals surface area contributed by atoms with E-state index in [1.807, 2.05) is 150 Å². The molecule has 142 heavy (non-hydrogen) atoms. The predicted octanol–water partition coefficient (Wildman–Crippen LogP) is 11.7. The summed E-state index contributed by atoms with van der Waals surface area (Å²) in [5.41, 5.74) is 20.0. The number of hydrogen-bond donors (Lipinski definition) is 2. The van der Waals surface area contributed by atoms with E-state index in [4.69, 9.17) is 90.2 Å². The fraction of sp³-hybridized carbons (Fsp3) is 0.404. The van der Waals surface area contributed by atoms with E-state index < -0.39 is 32.0 Å². The number of amides is 4. The van der Waals surface area contributed by atoms with Crippen molar-refractivity contribution in [2.45, 2.75) is 191 Å². The van der Waals surface area contributed by atoms with Crippen LogP contribution in [0.5, 0.6) is 34.5 Å². The van der Waals surface area contributed by atoms with Gasteiger partial charge in [-0.1, -0.05) is 86.6 Å². The van der Waals surface area contributed by atoms with Crippen LogP contribution in [0.2, 0.25) is 0 Å². The van der Waals surface area contributed by atoms with Gasteiger partial charge in [0.25, 0.3) is 23.6 Å². The molecule has 0 spiro atoms. The molecule has 33 heteroatoms. The Bertz CT molecular complexity index is 6560. The number of anilines is 6. The summed E-state index contributed by atoms with van der Waals surface area (Å²) in [7, 11) is -4.73. The number of thiol groups is 2. The Morgan fingerprint density at radius 1 is 0.430 bits per heavy atom. The summed E-state index contributed by atoms with van der Waals surface area (Å²) in [6.45, 7) is 24.0. The summed E-state index contributed by atoms with van der Waals surface area (Å²) in [5.74, 6) is 2.79. The third-order valence-corrected chi connectivity index (χ3v) is 28.0. The predicted molar refractivity (Wildman–Crippen MR) is 549 cm³/mol. The van der Waals surface area contributed by atoms with E-state index in [1.165, 1.54) is 16.0 Å². The van der Waals surface area contributed by atoms with E-state index in [-0.39, 0.29) is 151 Å². The molecule has 0 radical (unpaired) electrons. The number of methoxy groups -OCH3 is 2. The van der Waals surface area contributed by atoms with Crippen molar-refractivity contribution in [3.63, 3.8) is 0 Å². The largest absolute Gasteiger partial charge is 1.00 e. The molecular formula is C109H123N7Na2O20S4. The van der Waals surface area contributed by atoms with Gasteiger partial charge in [0.2, 0.25) is 0 Å². The van der Waals surface area contributed by atoms with Gasteiger partial charge in [-0.05, 0) is 281 Å². The molecule has 0 fully saturated rings. The number of hydrogen-bond acceptors (Lipinski definition) is 25. The quantitative estimate of drug-likeness (QED) is 0.0158. The first-order valence-electron chi connectivity index (χ1n) is 47.9. The molecule has 10 aromatic carbocycles. The van der Waals surface area contributed by atoms with Crippen molar-refractivity contribution in [1.82, 2.24) is 0 Å². The van der Waals surface area contributed by atoms with Crippen molar-refractivity contribution < 1.29 is 153 Å². The first-order valence-corrected chi connectivity index (χ1v) is 51.3. The minimum absolute atomic E-state index is 0. The molecule has 0 saturated carbocycles. The van der Waals surface area contributed by atoms with Crippen molar-refractivity contribution in [3.05, 3.63) is 277 Å². The zero-order chi connectivity index (χ0) is 98.8. The summed E-state index contributed by atoms with van der Waals surface area (Å²) in [6, 6.07) is 58.4. The SMILES string of the molecule is CCCOCCOCCN(CC(C)(C)S)c1cc(COc2cc3c(cc2C)C(=O)N2c4ccccc4C[C@H]2C(S(=O)(=O)[O-])C3)cc(COc2cc3c(cc2OC)C(=O)N2c4ccccc4C[C@H]2CC3)c1.CCCOCCOCCN(CC(C)(C)S)c1cc(COc2cc3c(cc2C)C(=O)N2c4ccccc4C[C@H]2C=N3)cc(COc2cc3c(cc2OC)C(=O)N2c4ccccc4C[C@H]2CC3)c1.O=S(=O)=O.[H-].[Na+].[Na+]. The van der Waals surface area contributed by atoms with Gasteiger partial charge in [-0.3, -0.25) is 29.1 Å². The van der Waals surface area contributed by atoms with Crippen LogP contribution < -0.4 is 117 Å². The van der Waals surface area contributed by atoms with Gasteiger partial charge in [0, 0.05) is 130 Å². The number of aryl methyl sites for hydroxylation is 4. The van der Waals surface area contributed by atoms with Crippen LogP contribution in [0, 0.1) is 13.8 Å². The molecular weight excluding hydrogens is 1900 g/mol. The third kappa shape index (κ3) is 25.6. The maximum atomic E-state index is 14.3. The van der Waals surface area contributed by atoms with Crippen molar-refractivity contribution in [2.75, 3.05) is 123 Å². The fourth-order valence-corrected chi connectivity index (χ4v) is 21.6. The number of aliphatic imine (C=N–C) groups is 1. The van der Waals surface area contributed by atoms with Gasteiger partial charge in [0.1, 0.15) is 37.9 Å². The summed E-state index contributed by atoms with van der Waals surface area (Å²) in [5, 5.41) is -1.34. The summed E-state index contributed by atoms with van der Waals surface area (Å²) in [6.07, 6.45) is 9.52. The average Bonchev–Trinajstić information content (AvgIpc) is 1.59. The Kier molecular flexibility index (Phi) is 36.5. The zero-order valence-corrected chi connectivity index (χ0v) is 90.3. The smallest absolute Gasteiger partial charge is 1.00 e. The van der Waals surface area contributed by atoms with E-state index in [2.05, 4.69) is 99.9 Å². The molecule has 0 bridgehead atoms. The molecule has 0 aliphatic carbocycles. The second-order valence-electron chi connectivity index (χ2n) is 38.1. The Morgan fingerprint density at radius 3 is 1.21 bits per heavy atom. The molecule has 10 aromatic rings. The number of ether oxygens (including phenoxy) is 10. The van der Waals surface area contributed by atoms with Crippen LogP contribution in [0.1, 0.15) is 182 Å². The second-order valence-corrected chi connectivity index (χ2v) is 42.5. The molecule has 8 aliphatic rings. The molecule has 1 unspecified atom stereocenters. The average molecular weight is 2030 g/mol. The Labute approximate surface area is 890 Å². The van der Waals surface area contributed by atoms with Crippen molar-refractivity contribution in [3.8, 4) is 34.5 Å². The molecule has 0 aromatic heterocycles. The molecule has 4 amide bonds. The summed E-state index contributed by atoms with van der Waals surface area (Å²) < 4.78 is 125. The minimum atomic E-state index is -4.81. The number of para-hydroxylation sites is 4. The maximum Gasteiger partial charge on any atom is 1.00 e. The standard InChI is InChI=1S/C55H63N3O10S2.C54H60N4O7S.2Na.O3S.H/c1-6-18-65-20-21-66-19-17-56(34-55(3,4)69)43-24-36(32-67-49-29-41-30-52(70(61,62)63)48-27-40-12-8-10-14-47(40)58(48)54(60)44(41)22-35(49)2)23-37(25-43)33-68-51-28-38-15-16-42-26-39-11-7-9-13-46(39)57(42)53(59)45(38)31-50(51)64-5;1-6-18-62-20-21-63-19-17-56(34-54(3,4)66)42-24-36(32-64-49-30-46-45(22-35(49)2)53(60)58-43(31-55-46)27-40-12-8-10-14-48(40)58)23-37(25-42)33-65-51-28-38-15-16-41-26-39-11-7-9-13-47(39)57(41)52(59)44(38)29-50(51)61-5;;;1-4(2)3;/h7-14,22-25,28-29,31,42,48,52,69H,6,15-21,26-27,30,32-34H2,1-5H3,(H,61,62,63);7-14,22-25,28-31,41,43,66H,6,15-21,26-27,32-34H2,1-5H3;;;;/q;;2*+1;;-1/p-1/t42-,48+,52?;41-,43+;;;;/m11..../s1. The monoisotopic (exact) mass is 2020 g/mol. The van der Waals surface area contributed by atoms with Crippen LogP contribution in [0.4, 0.5) is 39.8 Å². The Balaban J connectivity index is 0.000000227. The number of benzene rings is 10. The topological polar surface area (TPSA) is 301 Å². The first-order chi connectivity index (χ1) is 67.3. The maximum absolute atomic E-state index is 14.3. The molecule has 5 atom stereocenters. The molecule has 8 heterocycles. The molecule has 0 N–H and O–H groups in total. The number of fused-ring (bicyclic) bond motifs is 16. The van der Waals surface area contributed by atoms with Gasteiger partial charge in [-0.25, -0.2) is 8.42 Å². The third-order valence-electron chi connectivity index (χ3n) is 26.5. The molecule has 740 valence electrons. The summed E-state index contributed by atoms with van der Waals surface area (Å²) in [4.78, 5) is 73.4. The molecule has 8 aliphatic heterocycles. The van der Waals surface area contributed by atoms with Gasteiger partial charge < -0.3 is 77.8 Å². The Morgan fingerprint density at radius 2 is 0.789 bits per heavy atom. The van der Waals surface area contributed by atoms with E-state index in [0.717, 1.165) is 136 Å². The van der Waals surface area contributed by atoms with E-state index in [0.29, 0.717) is 158 Å². The van der Waals surface area contributed by atoms with Crippen LogP contribution >= 0.6 is 25.3 Å². The van der Waals surface area contributed by atoms with Crippen LogP contribution in [0.25, 0.3) is 0 Å². The van der Waals surface area contributed by atoms with Gasteiger partial charge >= 0.3 is 69.7 Å². The molecule has 18 rings (SSSR count). The normalized spacial score (nSPS) is 17.1. The number of nitrogens with zero attached hydrogens (tertiary/aromatic N) is 7. The van der Waals surface area contributed by atoms with Gasteiger partial charge in [-0.15, -0.1) is 12.6 Å². The number of carbonyl (C=O) groups is 4. The summed E-state index contributed by atoms with van der Waals surface area (Å²) >= 11 is 9.89. The van der Waals surface area contributed by atoms with Gasteiger partial charge in [0.15, 0.2) is 23.0 Å². The molecule has 27 nitrogen and oxygen atoms in total. The van der Waals surface area contributed by atoms with Gasteiger partial charge in [0.05, 0.1) is 92.6 Å². The van der Waals surface area contributed by atoms with Crippen LogP contribution in [0.3, 0.4) is 0 Å². The van der Waals surface area contributed by atoms with Gasteiger partial charge in [-0.2, -0.15) is 25.3 Å². The number of carbonyl (C=O) groups excluding carboxylic acids is 4. The van der Waals surface area contributed by atoms with E-state index >= 15 is 0 Å². The number of rotatable bonds is 37. The van der Waals surface area contributed by atoms with Crippen molar-refractivity contribution >= 4 is 116 Å². The molecule has 0 saturated heterocycles. The van der Waals surface area contributed by atoms with Crippen LogP contribution in [-0.2, 0) is 111 Å². The van der Waals surface area contributed by atoms with Crippen LogP contribution in [-0.4, -0.2) is 188 Å². The van der Waals surface area contributed by atoms with Crippen molar-refractivity contribution in [1.29, 1.82) is 0 Å². The van der Waals surface area contributed by atoms with Crippen LogP contribution in [0.15, 0.2) is 187 Å².